The molecular formula is C11H11ClN2O2S. The summed E-state index contributed by atoms with van der Waals surface area (Å²) in [6.45, 7) is 0. The zero-order chi connectivity index (χ0) is 12.0. The van der Waals surface area contributed by atoms with Crippen LogP contribution in [0.3, 0.4) is 0 Å². The average molecular weight is 271 g/mol. The van der Waals surface area contributed by atoms with Crippen LogP contribution in [0.5, 0.6) is 0 Å². The summed E-state index contributed by atoms with van der Waals surface area (Å²) in [4.78, 5) is 2.15. The van der Waals surface area contributed by atoms with Crippen molar-refractivity contribution in [2.45, 2.75) is 30.2 Å². The van der Waals surface area contributed by atoms with E-state index in [0.717, 1.165) is 12.8 Å². The molecule has 0 aromatic heterocycles. The highest BCUT2D eigenvalue weighted by Gasteiger charge is 2.32. The van der Waals surface area contributed by atoms with Crippen LogP contribution in [0.1, 0.15) is 19.3 Å². The number of hydrogen-bond donors (Lipinski definition) is 0. The van der Waals surface area contributed by atoms with Crippen molar-refractivity contribution in [2.24, 2.45) is 4.40 Å². The lowest BCUT2D eigenvalue weighted by molar-refractivity contribution is 0.416. The lowest BCUT2D eigenvalue weighted by Gasteiger charge is -2.38. The van der Waals surface area contributed by atoms with Gasteiger partial charge >= 0.3 is 0 Å². The van der Waals surface area contributed by atoms with Gasteiger partial charge in [-0.1, -0.05) is 11.6 Å². The molecule has 1 fully saturated rings. The zero-order valence-corrected chi connectivity index (χ0v) is 10.6. The Balaban J connectivity index is 2.15. The van der Waals surface area contributed by atoms with Gasteiger partial charge in [0.15, 0.2) is 0 Å². The van der Waals surface area contributed by atoms with Gasteiger partial charge in [-0.2, -0.15) is 8.42 Å². The molecule has 0 saturated heterocycles. The van der Waals surface area contributed by atoms with E-state index >= 15 is 0 Å². The number of hydrogen-bond acceptors (Lipinski definition) is 3. The molecule has 3 rings (SSSR count). The van der Waals surface area contributed by atoms with Crippen molar-refractivity contribution < 1.29 is 8.42 Å². The standard InChI is InChI=1S/C11H11ClN2O2S/c12-8-4-5-10-11(6-8)17(15,16)13-7-14(10)9-2-1-3-9/h4-7,9H,1-3H2. The van der Waals surface area contributed by atoms with Gasteiger partial charge in [0.2, 0.25) is 0 Å². The van der Waals surface area contributed by atoms with Crippen LogP contribution in [0.2, 0.25) is 5.02 Å². The van der Waals surface area contributed by atoms with Gasteiger partial charge in [0.1, 0.15) is 11.2 Å². The predicted octanol–water partition coefficient (Wildman–Crippen LogP) is 2.43. The molecule has 0 spiro atoms. The summed E-state index contributed by atoms with van der Waals surface area (Å²) in [5.74, 6) is 0. The number of nitrogens with zero attached hydrogens (tertiary/aromatic N) is 2. The Morgan fingerprint density at radius 3 is 2.76 bits per heavy atom. The van der Waals surface area contributed by atoms with Crippen molar-refractivity contribution in [1.29, 1.82) is 0 Å². The van der Waals surface area contributed by atoms with Gasteiger partial charge in [0, 0.05) is 11.1 Å². The number of rotatable bonds is 1. The molecule has 0 bridgehead atoms. The van der Waals surface area contributed by atoms with Gasteiger partial charge in [-0.15, -0.1) is 4.40 Å². The van der Waals surface area contributed by atoms with Gasteiger partial charge in [-0.25, -0.2) is 0 Å². The number of anilines is 1. The zero-order valence-electron chi connectivity index (χ0n) is 9.01. The van der Waals surface area contributed by atoms with E-state index in [1.54, 1.807) is 12.1 Å². The summed E-state index contributed by atoms with van der Waals surface area (Å²) in [5, 5.41) is 0.415. The maximum Gasteiger partial charge on any atom is 0.285 e. The number of sulfonamides is 1. The normalized spacial score (nSPS) is 22.1. The minimum atomic E-state index is -3.57. The summed E-state index contributed by atoms with van der Waals surface area (Å²) >= 11 is 5.84. The van der Waals surface area contributed by atoms with E-state index in [0.29, 0.717) is 16.8 Å². The van der Waals surface area contributed by atoms with E-state index in [1.165, 1.54) is 18.8 Å². The molecule has 0 radical (unpaired) electrons. The van der Waals surface area contributed by atoms with Gasteiger partial charge in [-0.3, -0.25) is 0 Å². The first kappa shape index (κ1) is 11.0. The fourth-order valence-electron chi connectivity index (χ4n) is 2.10. The van der Waals surface area contributed by atoms with Crippen molar-refractivity contribution in [3.8, 4) is 0 Å². The molecule has 0 amide bonds. The minimum absolute atomic E-state index is 0.208. The van der Waals surface area contributed by atoms with Gasteiger partial charge < -0.3 is 4.90 Å². The van der Waals surface area contributed by atoms with Gasteiger partial charge in [-0.05, 0) is 37.5 Å². The molecule has 1 heterocycles. The SMILES string of the molecule is O=S1(=O)N=CN(C2CCC2)c2ccc(Cl)cc21. The Morgan fingerprint density at radius 1 is 1.35 bits per heavy atom. The minimum Gasteiger partial charge on any atom is -0.327 e. The first-order valence-electron chi connectivity index (χ1n) is 5.46. The third-order valence-electron chi connectivity index (χ3n) is 3.26. The Labute approximate surface area is 105 Å². The summed E-state index contributed by atoms with van der Waals surface area (Å²) in [6, 6.07) is 5.29. The Kier molecular flexibility index (Phi) is 2.41. The van der Waals surface area contributed by atoms with Crippen LogP contribution in [-0.4, -0.2) is 20.8 Å². The van der Waals surface area contributed by atoms with Crippen LogP contribution >= 0.6 is 11.6 Å². The Bertz CT molecular complexity index is 593. The third kappa shape index (κ3) is 1.73. The number of halogens is 1. The molecule has 0 atom stereocenters. The molecule has 1 aromatic carbocycles. The fraction of sp³-hybridized carbons (Fsp3) is 0.364. The van der Waals surface area contributed by atoms with E-state index < -0.39 is 10.0 Å². The molecule has 6 heteroatoms. The molecule has 0 unspecified atom stereocenters. The van der Waals surface area contributed by atoms with E-state index in [1.807, 2.05) is 4.90 Å². The topological polar surface area (TPSA) is 49.7 Å². The second-order valence-electron chi connectivity index (χ2n) is 4.30. The van der Waals surface area contributed by atoms with Crippen LogP contribution in [0.15, 0.2) is 27.5 Å². The largest absolute Gasteiger partial charge is 0.327 e. The molecule has 90 valence electrons. The van der Waals surface area contributed by atoms with Crippen molar-refractivity contribution in [2.75, 3.05) is 4.90 Å². The Morgan fingerprint density at radius 2 is 2.12 bits per heavy atom. The van der Waals surface area contributed by atoms with Crippen LogP contribution in [-0.2, 0) is 10.0 Å². The summed E-state index contributed by atoms with van der Waals surface area (Å²) in [7, 11) is -3.57. The Hall–Kier alpha value is -1.07. The molecule has 17 heavy (non-hydrogen) atoms. The molecule has 1 aliphatic heterocycles. The molecule has 0 N–H and O–H groups in total. The monoisotopic (exact) mass is 270 g/mol. The van der Waals surface area contributed by atoms with Crippen molar-refractivity contribution in [1.82, 2.24) is 0 Å². The average Bonchev–Trinajstić information content (AvgIpc) is 2.20. The van der Waals surface area contributed by atoms with Crippen molar-refractivity contribution >= 4 is 33.7 Å². The highest BCUT2D eigenvalue weighted by molar-refractivity contribution is 7.90. The molecule has 2 aliphatic rings. The smallest absolute Gasteiger partial charge is 0.285 e. The van der Waals surface area contributed by atoms with E-state index in [-0.39, 0.29) is 4.90 Å². The van der Waals surface area contributed by atoms with E-state index in [4.69, 9.17) is 11.6 Å². The molecule has 1 aromatic rings. The van der Waals surface area contributed by atoms with Gasteiger partial charge in [0.05, 0.1) is 5.69 Å². The van der Waals surface area contributed by atoms with Gasteiger partial charge in [0.25, 0.3) is 10.0 Å². The van der Waals surface area contributed by atoms with Crippen molar-refractivity contribution in [3.05, 3.63) is 23.2 Å². The van der Waals surface area contributed by atoms with E-state index in [9.17, 15) is 8.42 Å². The second-order valence-corrected chi connectivity index (χ2v) is 6.34. The number of benzene rings is 1. The lowest BCUT2D eigenvalue weighted by Crippen LogP contribution is -2.41. The second kappa shape index (κ2) is 3.71. The molecular weight excluding hydrogens is 260 g/mol. The summed E-state index contributed by atoms with van der Waals surface area (Å²) in [5.41, 5.74) is 0.689. The lowest BCUT2D eigenvalue weighted by atomic mass is 9.91. The first-order valence-corrected chi connectivity index (χ1v) is 7.28. The quantitative estimate of drug-likeness (QED) is 0.787. The van der Waals surface area contributed by atoms with Crippen LogP contribution < -0.4 is 4.90 Å². The number of fused-ring (bicyclic) bond motifs is 1. The molecule has 4 nitrogen and oxygen atoms in total. The maximum absolute atomic E-state index is 11.8. The molecule has 1 saturated carbocycles. The highest BCUT2D eigenvalue weighted by atomic mass is 35.5. The summed E-state index contributed by atoms with van der Waals surface area (Å²) < 4.78 is 27.3. The maximum atomic E-state index is 11.8. The molecule has 1 aliphatic carbocycles. The van der Waals surface area contributed by atoms with Crippen LogP contribution in [0.25, 0.3) is 0 Å². The highest BCUT2D eigenvalue weighted by Crippen LogP contribution is 2.37. The van der Waals surface area contributed by atoms with Crippen molar-refractivity contribution in [3.63, 3.8) is 0 Å². The van der Waals surface area contributed by atoms with Crippen LogP contribution in [0.4, 0.5) is 5.69 Å². The fourth-order valence-corrected chi connectivity index (χ4v) is 3.39. The predicted molar refractivity (Wildman–Crippen MR) is 67.2 cm³/mol. The third-order valence-corrected chi connectivity index (χ3v) is 4.75. The van der Waals surface area contributed by atoms with E-state index in [2.05, 4.69) is 4.40 Å². The summed E-state index contributed by atoms with van der Waals surface area (Å²) in [6.07, 6.45) is 4.77. The van der Waals surface area contributed by atoms with Crippen LogP contribution in [0, 0.1) is 0 Å². The first-order chi connectivity index (χ1) is 8.08.